The quantitative estimate of drug-likeness (QED) is 0.327. The molecule has 4 heteroatoms. The lowest BCUT2D eigenvalue weighted by atomic mass is 10.1. The molecule has 0 rings (SSSR count). The first-order valence-corrected chi connectivity index (χ1v) is 7.45. The lowest BCUT2D eigenvalue weighted by Crippen LogP contribution is -2.18. The summed E-state index contributed by atoms with van der Waals surface area (Å²) in [5.41, 5.74) is 0. The SMILES string of the molecule is CCCCCCCCOC(=O)CC(=O)OC(C)CC. The molecule has 0 aliphatic heterocycles. The van der Waals surface area contributed by atoms with Crippen molar-refractivity contribution in [2.45, 2.75) is 78.2 Å². The van der Waals surface area contributed by atoms with Crippen molar-refractivity contribution in [2.75, 3.05) is 6.61 Å². The highest BCUT2D eigenvalue weighted by Crippen LogP contribution is 2.05. The van der Waals surface area contributed by atoms with Crippen molar-refractivity contribution in [1.82, 2.24) is 0 Å². The molecule has 0 aromatic heterocycles. The van der Waals surface area contributed by atoms with Crippen molar-refractivity contribution in [1.29, 1.82) is 0 Å². The molecule has 1 atom stereocenters. The minimum atomic E-state index is -0.498. The van der Waals surface area contributed by atoms with Crippen LogP contribution in [0, 0.1) is 0 Å². The molecule has 0 heterocycles. The minimum absolute atomic E-state index is 0.140. The van der Waals surface area contributed by atoms with E-state index in [1.165, 1.54) is 25.7 Å². The largest absolute Gasteiger partial charge is 0.465 e. The molecular formula is C15H28O4. The third-order valence-corrected chi connectivity index (χ3v) is 2.96. The zero-order chi connectivity index (χ0) is 14.5. The number of hydrogen-bond acceptors (Lipinski definition) is 4. The zero-order valence-electron chi connectivity index (χ0n) is 12.6. The van der Waals surface area contributed by atoms with E-state index in [4.69, 9.17) is 9.47 Å². The van der Waals surface area contributed by atoms with Gasteiger partial charge < -0.3 is 9.47 Å². The number of esters is 2. The van der Waals surface area contributed by atoms with E-state index in [0.29, 0.717) is 6.61 Å². The van der Waals surface area contributed by atoms with E-state index < -0.39 is 11.9 Å². The number of rotatable bonds is 11. The van der Waals surface area contributed by atoms with Gasteiger partial charge in [-0.2, -0.15) is 0 Å². The van der Waals surface area contributed by atoms with E-state index in [1.54, 1.807) is 6.92 Å². The summed E-state index contributed by atoms with van der Waals surface area (Å²) in [6.45, 7) is 6.32. The smallest absolute Gasteiger partial charge is 0.317 e. The molecule has 0 fully saturated rings. The molecule has 4 nitrogen and oxygen atoms in total. The Labute approximate surface area is 116 Å². The fourth-order valence-corrected chi connectivity index (χ4v) is 1.59. The Balaban J connectivity index is 3.46. The van der Waals surface area contributed by atoms with E-state index >= 15 is 0 Å². The summed E-state index contributed by atoms with van der Waals surface area (Å²) in [5.74, 6) is -0.982. The summed E-state index contributed by atoms with van der Waals surface area (Å²) in [5, 5.41) is 0. The molecule has 0 saturated carbocycles. The molecule has 19 heavy (non-hydrogen) atoms. The van der Waals surface area contributed by atoms with Crippen LogP contribution in [0.2, 0.25) is 0 Å². The Morgan fingerprint density at radius 1 is 0.947 bits per heavy atom. The van der Waals surface area contributed by atoms with E-state index in [2.05, 4.69) is 6.92 Å². The van der Waals surface area contributed by atoms with E-state index in [0.717, 1.165) is 19.3 Å². The molecule has 0 saturated heterocycles. The first-order valence-electron chi connectivity index (χ1n) is 7.45. The van der Waals surface area contributed by atoms with Gasteiger partial charge in [-0.25, -0.2) is 0 Å². The van der Waals surface area contributed by atoms with Crippen LogP contribution in [0.25, 0.3) is 0 Å². The average Bonchev–Trinajstić information content (AvgIpc) is 2.37. The van der Waals surface area contributed by atoms with Crippen molar-refractivity contribution in [3.63, 3.8) is 0 Å². The lowest BCUT2D eigenvalue weighted by Gasteiger charge is -2.10. The Morgan fingerprint density at radius 2 is 1.58 bits per heavy atom. The number of carbonyl (C=O) groups excluding carboxylic acids is 2. The minimum Gasteiger partial charge on any atom is -0.465 e. The predicted octanol–water partition coefficient (Wildman–Crippen LogP) is 3.62. The van der Waals surface area contributed by atoms with Crippen LogP contribution in [-0.4, -0.2) is 24.6 Å². The maximum Gasteiger partial charge on any atom is 0.317 e. The van der Waals surface area contributed by atoms with Crippen LogP contribution in [0.3, 0.4) is 0 Å². The molecule has 0 aromatic rings. The summed E-state index contributed by atoms with van der Waals surface area (Å²) in [7, 11) is 0. The summed E-state index contributed by atoms with van der Waals surface area (Å²) < 4.78 is 10.00. The summed E-state index contributed by atoms with van der Waals surface area (Å²) in [6.07, 6.45) is 7.19. The van der Waals surface area contributed by atoms with Crippen LogP contribution in [-0.2, 0) is 19.1 Å². The van der Waals surface area contributed by atoms with Crippen molar-refractivity contribution in [2.24, 2.45) is 0 Å². The third-order valence-electron chi connectivity index (χ3n) is 2.96. The van der Waals surface area contributed by atoms with E-state index in [9.17, 15) is 9.59 Å². The van der Waals surface area contributed by atoms with E-state index in [1.807, 2.05) is 6.92 Å². The van der Waals surface area contributed by atoms with Gasteiger partial charge in [0.2, 0.25) is 0 Å². The molecule has 0 radical (unpaired) electrons. The molecule has 0 aromatic carbocycles. The Kier molecular flexibility index (Phi) is 11.3. The standard InChI is InChI=1S/C15H28O4/c1-4-6-7-8-9-10-11-18-14(16)12-15(17)19-13(3)5-2/h13H,4-12H2,1-3H3. The van der Waals surface area contributed by atoms with Crippen molar-refractivity contribution >= 4 is 11.9 Å². The molecule has 0 spiro atoms. The average molecular weight is 272 g/mol. The fraction of sp³-hybridized carbons (Fsp3) is 0.867. The van der Waals surface area contributed by atoms with Gasteiger partial charge in [0.05, 0.1) is 12.7 Å². The molecule has 0 bridgehead atoms. The van der Waals surface area contributed by atoms with Gasteiger partial charge >= 0.3 is 11.9 Å². The van der Waals surface area contributed by atoms with E-state index in [-0.39, 0.29) is 12.5 Å². The van der Waals surface area contributed by atoms with Gasteiger partial charge in [-0.15, -0.1) is 0 Å². The maximum absolute atomic E-state index is 11.3. The van der Waals surface area contributed by atoms with Crippen LogP contribution in [0.5, 0.6) is 0 Å². The van der Waals surface area contributed by atoms with Gasteiger partial charge in [-0.3, -0.25) is 9.59 Å². The first-order chi connectivity index (χ1) is 9.10. The van der Waals surface area contributed by atoms with Gasteiger partial charge in [0, 0.05) is 0 Å². The van der Waals surface area contributed by atoms with Crippen LogP contribution < -0.4 is 0 Å². The summed E-state index contributed by atoms with van der Waals surface area (Å²) >= 11 is 0. The number of ether oxygens (including phenoxy) is 2. The normalized spacial score (nSPS) is 11.9. The molecule has 0 N–H and O–H groups in total. The highest BCUT2D eigenvalue weighted by molar-refractivity contribution is 5.91. The van der Waals surface area contributed by atoms with Gasteiger partial charge in [-0.1, -0.05) is 46.0 Å². The van der Waals surface area contributed by atoms with Crippen LogP contribution in [0.1, 0.15) is 72.1 Å². The molecule has 1 unspecified atom stereocenters. The zero-order valence-corrected chi connectivity index (χ0v) is 12.6. The Bertz CT molecular complexity index is 251. The number of unbranched alkanes of at least 4 members (excludes halogenated alkanes) is 5. The second kappa shape index (κ2) is 12.0. The number of hydrogen-bond donors (Lipinski definition) is 0. The van der Waals surface area contributed by atoms with Crippen LogP contribution in [0.4, 0.5) is 0 Å². The maximum atomic E-state index is 11.3. The predicted molar refractivity (Wildman–Crippen MR) is 74.8 cm³/mol. The second-order valence-electron chi connectivity index (χ2n) is 4.87. The van der Waals surface area contributed by atoms with Crippen LogP contribution >= 0.6 is 0 Å². The molecule has 0 amide bonds. The van der Waals surface area contributed by atoms with Crippen molar-refractivity contribution in [3.05, 3.63) is 0 Å². The fourth-order valence-electron chi connectivity index (χ4n) is 1.59. The topological polar surface area (TPSA) is 52.6 Å². The highest BCUT2D eigenvalue weighted by Gasteiger charge is 2.14. The van der Waals surface area contributed by atoms with Gasteiger partial charge in [-0.05, 0) is 19.8 Å². The highest BCUT2D eigenvalue weighted by atomic mass is 16.6. The summed E-state index contributed by atoms with van der Waals surface area (Å²) in [6, 6.07) is 0. The van der Waals surface area contributed by atoms with Crippen LogP contribution in [0.15, 0.2) is 0 Å². The second-order valence-corrected chi connectivity index (χ2v) is 4.87. The third kappa shape index (κ3) is 11.7. The first kappa shape index (κ1) is 17.9. The van der Waals surface area contributed by atoms with Gasteiger partial charge in [0.25, 0.3) is 0 Å². The summed E-state index contributed by atoms with van der Waals surface area (Å²) in [4.78, 5) is 22.6. The molecule has 112 valence electrons. The van der Waals surface area contributed by atoms with Crippen molar-refractivity contribution < 1.29 is 19.1 Å². The molecular weight excluding hydrogens is 244 g/mol. The Hall–Kier alpha value is -1.06. The Morgan fingerprint density at radius 3 is 2.21 bits per heavy atom. The molecule has 0 aliphatic rings. The molecule has 0 aliphatic carbocycles. The lowest BCUT2D eigenvalue weighted by molar-refractivity contribution is -0.157. The van der Waals surface area contributed by atoms with Gasteiger partial charge in [0.15, 0.2) is 0 Å². The van der Waals surface area contributed by atoms with Gasteiger partial charge in [0.1, 0.15) is 6.42 Å². The number of carbonyl (C=O) groups is 2. The van der Waals surface area contributed by atoms with Crippen molar-refractivity contribution in [3.8, 4) is 0 Å². The monoisotopic (exact) mass is 272 g/mol.